The molecule has 2 aliphatic rings. The normalized spacial score (nSPS) is 27.1. The zero-order chi connectivity index (χ0) is 11.4. The number of nitrogens with zero attached hydrogens (tertiary/aromatic N) is 4. The van der Waals surface area contributed by atoms with Crippen LogP contribution < -0.4 is 0 Å². The number of hydrogen-bond donors (Lipinski definition) is 0. The number of likely N-dealkylation sites (N-methyl/N-ethyl adjacent to an activating group) is 1. The van der Waals surface area contributed by atoms with Crippen LogP contribution in [-0.4, -0.2) is 80.4 Å². The first-order valence-corrected chi connectivity index (χ1v) is 6.37. The van der Waals surface area contributed by atoms with Crippen LogP contribution in [0.4, 0.5) is 0 Å². The van der Waals surface area contributed by atoms with Crippen molar-refractivity contribution in [2.75, 3.05) is 53.0 Å². The minimum atomic E-state index is 0.815. The van der Waals surface area contributed by atoms with Crippen LogP contribution in [0.1, 0.15) is 12.8 Å². The Balaban J connectivity index is 1.74. The van der Waals surface area contributed by atoms with Crippen molar-refractivity contribution in [2.45, 2.75) is 18.9 Å². The van der Waals surface area contributed by atoms with Gasteiger partial charge in [-0.15, -0.1) is 0 Å². The number of likely N-dealkylation sites (tertiary alicyclic amines) is 1. The van der Waals surface area contributed by atoms with E-state index >= 15 is 0 Å². The summed E-state index contributed by atoms with van der Waals surface area (Å²) >= 11 is 0. The largest absolute Gasteiger partial charge is 0.304 e. The van der Waals surface area contributed by atoms with Gasteiger partial charge in [-0.3, -0.25) is 14.8 Å². The second-order valence-electron chi connectivity index (χ2n) is 5.05. The Morgan fingerprint density at radius 2 is 1.69 bits per heavy atom. The number of rotatable bonds is 3. The lowest BCUT2D eigenvalue weighted by Gasteiger charge is -2.41. The molecule has 0 aliphatic carbocycles. The Morgan fingerprint density at radius 3 is 2.25 bits per heavy atom. The van der Waals surface area contributed by atoms with Crippen LogP contribution in [0, 0.1) is 0 Å². The van der Waals surface area contributed by atoms with E-state index in [1.165, 1.54) is 52.1 Å². The van der Waals surface area contributed by atoms with Crippen molar-refractivity contribution in [3.63, 3.8) is 0 Å². The van der Waals surface area contributed by atoms with E-state index in [-0.39, 0.29) is 0 Å². The molecule has 0 saturated carbocycles. The van der Waals surface area contributed by atoms with Gasteiger partial charge in [0.2, 0.25) is 0 Å². The van der Waals surface area contributed by atoms with Gasteiger partial charge in [0.1, 0.15) is 0 Å². The van der Waals surface area contributed by atoms with Gasteiger partial charge in [-0.2, -0.15) is 0 Å². The minimum Gasteiger partial charge on any atom is -0.304 e. The third-order valence-corrected chi connectivity index (χ3v) is 3.91. The molecule has 2 heterocycles. The summed E-state index contributed by atoms with van der Waals surface area (Å²) in [4.78, 5) is 11.5. The highest BCUT2D eigenvalue weighted by Gasteiger charge is 2.26. The SMILES string of the molecule is C=NCN1CCC(N2CCN(C)CC2)CC1. The fourth-order valence-corrected chi connectivity index (χ4v) is 2.75. The average Bonchev–Trinajstić information content (AvgIpc) is 2.32. The molecule has 0 bridgehead atoms. The average molecular weight is 224 g/mol. The number of hydrogen-bond acceptors (Lipinski definition) is 4. The Morgan fingerprint density at radius 1 is 1.06 bits per heavy atom. The van der Waals surface area contributed by atoms with Crippen LogP contribution in [0.2, 0.25) is 0 Å². The van der Waals surface area contributed by atoms with Crippen molar-refractivity contribution in [1.29, 1.82) is 0 Å². The van der Waals surface area contributed by atoms with E-state index in [0.717, 1.165) is 12.7 Å². The smallest absolute Gasteiger partial charge is 0.0902 e. The molecule has 0 radical (unpaired) electrons. The first kappa shape index (κ1) is 12.0. The molecule has 0 N–H and O–H groups in total. The second-order valence-corrected chi connectivity index (χ2v) is 5.05. The number of piperazine rings is 1. The number of aliphatic imine (C=N–C) groups is 1. The molecular formula is C12H24N4. The fraction of sp³-hybridized carbons (Fsp3) is 0.917. The van der Waals surface area contributed by atoms with Crippen LogP contribution in [-0.2, 0) is 0 Å². The van der Waals surface area contributed by atoms with E-state index in [9.17, 15) is 0 Å². The summed E-state index contributed by atoms with van der Waals surface area (Å²) in [6, 6.07) is 0.815. The van der Waals surface area contributed by atoms with Crippen molar-refractivity contribution >= 4 is 6.72 Å². The quantitative estimate of drug-likeness (QED) is 0.646. The topological polar surface area (TPSA) is 22.1 Å². The van der Waals surface area contributed by atoms with Gasteiger partial charge in [-0.1, -0.05) is 0 Å². The molecule has 0 aromatic carbocycles. The first-order chi connectivity index (χ1) is 7.79. The fourth-order valence-electron chi connectivity index (χ4n) is 2.75. The molecule has 2 saturated heterocycles. The highest BCUT2D eigenvalue weighted by atomic mass is 15.3. The summed E-state index contributed by atoms with van der Waals surface area (Å²) in [5, 5.41) is 0. The zero-order valence-corrected chi connectivity index (χ0v) is 10.4. The second kappa shape index (κ2) is 5.75. The van der Waals surface area contributed by atoms with E-state index in [2.05, 4.69) is 33.5 Å². The maximum Gasteiger partial charge on any atom is 0.0902 e. The Labute approximate surface area is 98.9 Å². The molecule has 92 valence electrons. The molecule has 4 nitrogen and oxygen atoms in total. The molecule has 0 amide bonds. The lowest BCUT2D eigenvalue weighted by atomic mass is 10.0. The van der Waals surface area contributed by atoms with Gasteiger partial charge in [0, 0.05) is 45.3 Å². The molecule has 16 heavy (non-hydrogen) atoms. The molecule has 0 aromatic rings. The van der Waals surface area contributed by atoms with Crippen molar-refractivity contribution in [3.8, 4) is 0 Å². The van der Waals surface area contributed by atoms with Crippen LogP contribution in [0.25, 0.3) is 0 Å². The molecule has 0 aromatic heterocycles. The number of piperidine rings is 1. The highest BCUT2D eigenvalue weighted by molar-refractivity contribution is 5.22. The monoisotopic (exact) mass is 224 g/mol. The van der Waals surface area contributed by atoms with E-state index in [4.69, 9.17) is 0 Å². The summed E-state index contributed by atoms with van der Waals surface area (Å²) in [5.74, 6) is 0. The predicted molar refractivity (Wildman–Crippen MR) is 68.1 cm³/mol. The third-order valence-electron chi connectivity index (χ3n) is 3.91. The molecule has 2 rings (SSSR count). The van der Waals surface area contributed by atoms with Gasteiger partial charge in [-0.05, 0) is 26.6 Å². The summed E-state index contributed by atoms with van der Waals surface area (Å²) in [6.07, 6.45) is 2.61. The summed E-state index contributed by atoms with van der Waals surface area (Å²) in [5.41, 5.74) is 0. The van der Waals surface area contributed by atoms with Gasteiger partial charge in [0.05, 0.1) is 6.67 Å². The molecule has 4 heteroatoms. The molecule has 0 atom stereocenters. The minimum absolute atomic E-state index is 0.815. The van der Waals surface area contributed by atoms with E-state index in [1.54, 1.807) is 0 Å². The maximum absolute atomic E-state index is 3.96. The van der Waals surface area contributed by atoms with Crippen molar-refractivity contribution in [3.05, 3.63) is 0 Å². The zero-order valence-electron chi connectivity index (χ0n) is 10.4. The molecule has 2 aliphatic heterocycles. The van der Waals surface area contributed by atoms with Crippen LogP contribution in [0.5, 0.6) is 0 Å². The maximum atomic E-state index is 3.96. The summed E-state index contributed by atoms with van der Waals surface area (Å²) < 4.78 is 0. The van der Waals surface area contributed by atoms with Gasteiger partial charge in [-0.25, -0.2) is 0 Å². The van der Waals surface area contributed by atoms with E-state index in [1.807, 2.05) is 0 Å². The molecule has 2 fully saturated rings. The van der Waals surface area contributed by atoms with E-state index < -0.39 is 0 Å². The Hall–Kier alpha value is -0.450. The Kier molecular flexibility index (Phi) is 4.32. The van der Waals surface area contributed by atoms with Crippen molar-refractivity contribution < 1.29 is 0 Å². The first-order valence-electron chi connectivity index (χ1n) is 6.37. The van der Waals surface area contributed by atoms with Crippen LogP contribution >= 0.6 is 0 Å². The molecule has 0 unspecified atom stereocenters. The van der Waals surface area contributed by atoms with Crippen molar-refractivity contribution in [2.24, 2.45) is 4.99 Å². The van der Waals surface area contributed by atoms with Crippen LogP contribution in [0.15, 0.2) is 4.99 Å². The van der Waals surface area contributed by atoms with Crippen molar-refractivity contribution in [1.82, 2.24) is 14.7 Å². The van der Waals surface area contributed by atoms with Gasteiger partial charge in [0.25, 0.3) is 0 Å². The summed E-state index contributed by atoms with van der Waals surface area (Å²) in [6.45, 7) is 11.7. The standard InChI is InChI=1S/C12H24N4/c1-13-11-15-5-3-12(4-6-15)16-9-7-14(2)8-10-16/h12H,1,3-11H2,2H3. The van der Waals surface area contributed by atoms with Gasteiger partial charge >= 0.3 is 0 Å². The molecule has 0 spiro atoms. The Bertz CT molecular complexity index is 215. The highest BCUT2D eigenvalue weighted by Crippen LogP contribution is 2.17. The van der Waals surface area contributed by atoms with E-state index in [0.29, 0.717) is 0 Å². The third kappa shape index (κ3) is 3.03. The predicted octanol–water partition coefficient (Wildman–Crippen LogP) is 0.356. The lowest BCUT2D eigenvalue weighted by Crippen LogP contribution is -2.52. The lowest BCUT2D eigenvalue weighted by molar-refractivity contribution is 0.0687. The van der Waals surface area contributed by atoms with Gasteiger partial charge in [0.15, 0.2) is 0 Å². The van der Waals surface area contributed by atoms with Crippen LogP contribution in [0.3, 0.4) is 0 Å². The molecular weight excluding hydrogens is 200 g/mol. The van der Waals surface area contributed by atoms with Gasteiger partial charge < -0.3 is 4.90 Å². The summed E-state index contributed by atoms with van der Waals surface area (Å²) in [7, 11) is 2.22.